The van der Waals surface area contributed by atoms with E-state index in [2.05, 4.69) is 20.8 Å². The molecule has 0 saturated carbocycles. The number of halogens is 1. The molecule has 0 saturated heterocycles. The van der Waals surface area contributed by atoms with Crippen LogP contribution in [0.3, 0.4) is 0 Å². The van der Waals surface area contributed by atoms with E-state index in [0.717, 1.165) is 11.1 Å². The van der Waals surface area contributed by atoms with Crippen LogP contribution in [0.1, 0.15) is 51.7 Å². The summed E-state index contributed by atoms with van der Waals surface area (Å²) in [4.78, 5) is 0. The Labute approximate surface area is 86.2 Å². The van der Waals surface area contributed by atoms with E-state index in [-0.39, 0.29) is 17.2 Å². The van der Waals surface area contributed by atoms with Gasteiger partial charge in [0.15, 0.2) is 0 Å². The van der Waals surface area contributed by atoms with Crippen molar-refractivity contribution in [2.24, 2.45) is 0 Å². The van der Waals surface area contributed by atoms with Crippen molar-refractivity contribution < 1.29 is 4.39 Å². The highest BCUT2D eigenvalue weighted by molar-refractivity contribution is 5.36. The number of hydrogen-bond donors (Lipinski definition) is 0. The highest BCUT2D eigenvalue weighted by Gasteiger charge is 2.21. The Balaban J connectivity index is 3.36. The largest absolute Gasteiger partial charge is 0.207 e. The highest BCUT2D eigenvalue weighted by atomic mass is 19.1. The fourth-order valence-corrected chi connectivity index (χ4v) is 1.78. The van der Waals surface area contributed by atoms with Crippen LogP contribution < -0.4 is 0 Å². The average molecular weight is 194 g/mol. The predicted molar refractivity (Wildman–Crippen MR) is 59.2 cm³/mol. The number of hydrogen-bond acceptors (Lipinski definition) is 0. The van der Waals surface area contributed by atoms with Gasteiger partial charge in [0.2, 0.25) is 0 Å². The van der Waals surface area contributed by atoms with Crippen LogP contribution in [0.4, 0.5) is 4.39 Å². The lowest BCUT2D eigenvalue weighted by atomic mass is 9.80. The lowest BCUT2D eigenvalue weighted by Gasteiger charge is -2.25. The van der Waals surface area contributed by atoms with Crippen LogP contribution in [0.15, 0.2) is 18.2 Å². The summed E-state index contributed by atoms with van der Waals surface area (Å²) in [5, 5.41) is 0. The molecule has 0 atom stereocenters. The predicted octanol–water partition coefficient (Wildman–Crippen LogP) is 4.25. The second-order valence-electron chi connectivity index (χ2n) is 5.11. The van der Waals surface area contributed by atoms with Gasteiger partial charge < -0.3 is 0 Å². The van der Waals surface area contributed by atoms with E-state index in [1.807, 2.05) is 19.9 Å². The smallest absolute Gasteiger partial charge is 0.126 e. The van der Waals surface area contributed by atoms with Gasteiger partial charge >= 0.3 is 0 Å². The zero-order chi connectivity index (χ0) is 10.9. The van der Waals surface area contributed by atoms with Gasteiger partial charge in [-0.3, -0.25) is 0 Å². The molecule has 0 nitrogen and oxygen atoms in total. The standard InChI is InChI=1S/C13H19F/c1-9(2)12-10(13(3,4)5)7-6-8-11(12)14/h6-9H,1-5H3. The van der Waals surface area contributed by atoms with E-state index in [1.165, 1.54) is 0 Å². The Bertz CT molecular complexity index is 318. The third kappa shape index (κ3) is 2.14. The SMILES string of the molecule is CC(C)c1c(F)cccc1C(C)(C)C. The molecule has 0 amide bonds. The van der Waals surface area contributed by atoms with Crippen molar-refractivity contribution in [3.63, 3.8) is 0 Å². The van der Waals surface area contributed by atoms with Crippen molar-refractivity contribution in [2.45, 2.75) is 46.0 Å². The Morgan fingerprint density at radius 2 is 1.71 bits per heavy atom. The lowest BCUT2D eigenvalue weighted by Crippen LogP contribution is -2.16. The first-order valence-electron chi connectivity index (χ1n) is 5.13. The molecule has 1 aromatic rings. The second-order valence-corrected chi connectivity index (χ2v) is 5.11. The van der Waals surface area contributed by atoms with Crippen LogP contribution in [0, 0.1) is 5.82 Å². The molecule has 0 aliphatic heterocycles. The summed E-state index contributed by atoms with van der Waals surface area (Å²) in [5.41, 5.74) is 1.99. The summed E-state index contributed by atoms with van der Waals surface area (Å²) >= 11 is 0. The Hall–Kier alpha value is -0.850. The minimum Gasteiger partial charge on any atom is -0.207 e. The number of benzene rings is 1. The first-order chi connectivity index (χ1) is 6.34. The van der Waals surface area contributed by atoms with Crippen LogP contribution in [-0.4, -0.2) is 0 Å². The molecule has 1 heteroatoms. The van der Waals surface area contributed by atoms with Gasteiger partial charge in [0.1, 0.15) is 5.82 Å². The van der Waals surface area contributed by atoms with Crippen molar-refractivity contribution in [2.75, 3.05) is 0 Å². The molecule has 78 valence electrons. The summed E-state index contributed by atoms with van der Waals surface area (Å²) in [6, 6.07) is 5.37. The summed E-state index contributed by atoms with van der Waals surface area (Å²) in [6.45, 7) is 10.4. The van der Waals surface area contributed by atoms with Crippen LogP contribution >= 0.6 is 0 Å². The van der Waals surface area contributed by atoms with E-state index < -0.39 is 0 Å². The van der Waals surface area contributed by atoms with Gasteiger partial charge in [0.25, 0.3) is 0 Å². The molecule has 0 aromatic heterocycles. The van der Waals surface area contributed by atoms with Crippen molar-refractivity contribution >= 4 is 0 Å². The van der Waals surface area contributed by atoms with Crippen molar-refractivity contribution in [3.8, 4) is 0 Å². The van der Waals surface area contributed by atoms with Gasteiger partial charge in [0.05, 0.1) is 0 Å². The van der Waals surface area contributed by atoms with E-state index >= 15 is 0 Å². The van der Waals surface area contributed by atoms with Crippen LogP contribution in [0.2, 0.25) is 0 Å². The maximum atomic E-state index is 13.6. The molecule has 1 rings (SSSR count). The van der Waals surface area contributed by atoms with E-state index in [0.29, 0.717) is 0 Å². The Morgan fingerprint density at radius 1 is 1.14 bits per heavy atom. The third-order valence-electron chi connectivity index (χ3n) is 2.44. The van der Waals surface area contributed by atoms with Gasteiger partial charge in [0, 0.05) is 0 Å². The molecule has 1 aromatic carbocycles. The highest BCUT2D eigenvalue weighted by Crippen LogP contribution is 2.31. The maximum Gasteiger partial charge on any atom is 0.126 e. The summed E-state index contributed by atoms with van der Waals surface area (Å²) in [5.74, 6) is 0.165. The summed E-state index contributed by atoms with van der Waals surface area (Å²) in [7, 11) is 0. The topological polar surface area (TPSA) is 0 Å². The molecular weight excluding hydrogens is 175 g/mol. The number of rotatable bonds is 1. The quantitative estimate of drug-likeness (QED) is 0.627. The van der Waals surface area contributed by atoms with Crippen LogP contribution in [0.5, 0.6) is 0 Å². The molecule has 0 aliphatic carbocycles. The third-order valence-corrected chi connectivity index (χ3v) is 2.44. The van der Waals surface area contributed by atoms with Gasteiger partial charge in [-0.15, -0.1) is 0 Å². The zero-order valence-electron chi connectivity index (χ0n) is 9.69. The Kier molecular flexibility index (Phi) is 2.98. The minimum atomic E-state index is -0.0765. The van der Waals surface area contributed by atoms with Gasteiger partial charge in [-0.25, -0.2) is 4.39 Å². The molecule has 0 spiro atoms. The van der Waals surface area contributed by atoms with Crippen LogP contribution in [-0.2, 0) is 5.41 Å². The van der Waals surface area contributed by atoms with Gasteiger partial charge in [-0.1, -0.05) is 46.8 Å². The molecule has 14 heavy (non-hydrogen) atoms. The minimum absolute atomic E-state index is 0.0156. The van der Waals surface area contributed by atoms with E-state index in [9.17, 15) is 4.39 Å². The molecule has 0 fully saturated rings. The second kappa shape index (κ2) is 3.72. The fourth-order valence-electron chi connectivity index (χ4n) is 1.78. The van der Waals surface area contributed by atoms with E-state index in [4.69, 9.17) is 0 Å². The van der Waals surface area contributed by atoms with Gasteiger partial charge in [-0.2, -0.15) is 0 Å². The average Bonchev–Trinajstić information content (AvgIpc) is 2.01. The molecule has 0 unspecified atom stereocenters. The van der Waals surface area contributed by atoms with Crippen molar-refractivity contribution in [3.05, 3.63) is 35.1 Å². The van der Waals surface area contributed by atoms with Crippen molar-refractivity contribution in [1.82, 2.24) is 0 Å². The summed E-state index contributed by atoms with van der Waals surface area (Å²) < 4.78 is 13.6. The molecule has 0 bridgehead atoms. The zero-order valence-corrected chi connectivity index (χ0v) is 9.69. The molecule has 0 heterocycles. The normalized spacial score (nSPS) is 12.2. The lowest BCUT2D eigenvalue weighted by molar-refractivity contribution is 0.544. The van der Waals surface area contributed by atoms with Crippen molar-refractivity contribution in [1.29, 1.82) is 0 Å². The van der Waals surface area contributed by atoms with E-state index in [1.54, 1.807) is 12.1 Å². The maximum absolute atomic E-state index is 13.6. The first kappa shape index (κ1) is 11.2. The monoisotopic (exact) mass is 194 g/mol. The van der Waals surface area contributed by atoms with Gasteiger partial charge in [-0.05, 0) is 28.5 Å². The molecular formula is C13H19F. The summed E-state index contributed by atoms with van der Waals surface area (Å²) in [6.07, 6.45) is 0. The fraction of sp³-hybridized carbons (Fsp3) is 0.538. The Morgan fingerprint density at radius 3 is 2.07 bits per heavy atom. The molecule has 0 radical (unpaired) electrons. The molecule has 0 N–H and O–H groups in total. The molecule has 0 aliphatic rings. The van der Waals surface area contributed by atoms with Crippen LogP contribution in [0.25, 0.3) is 0 Å². The first-order valence-corrected chi connectivity index (χ1v) is 5.13.